The van der Waals surface area contributed by atoms with Crippen molar-refractivity contribution in [2.75, 3.05) is 13.2 Å². The van der Waals surface area contributed by atoms with Gasteiger partial charge in [0.15, 0.2) is 0 Å². The lowest BCUT2D eigenvalue weighted by molar-refractivity contribution is 0.107. The molecule has 3 rings (SSSR count). The van der Waals surface area contributed by atoms with Gasteiger partial charge in [0.05, 0.1) is 0 Å². The summed E-state index contributed by atoms with van der Waals surface area (Å²) in [5.74, 6) is 0. The molecule has 1 aromatic carbocycles. The number of hydrogen-bond donors (Lipinski definition) is 0. The van der Waals surface area contributed by atoms with Gasteiger partial charge in [-0.25, -0.2) is 4.79 Å². The van der Waals surface area contributed by atoms with Crippen LogP contribution in [-0.2, 0) is 11.2 Å². The van der Waals surface area contributed by atoms with E-state index in [1.807, 2.05) is 48.7 Å². The van der Waals surface area contributed by atoms with Crippen LogP contribution in [0.3, 0.4) is 0 Å². The Kier molecular flexibility index (Phi) is 6.65. The fourth-order valence-electron chi connectivity index (χ4n) is 3.17. The number of likely N-dealkylation sites (tertiary alicyclic amines) is 1. The fraction of sp³-hybridized carbons (Fsp3) is 0.286. The summed E-state index contributed by atoms with van der Waals surface area (Å²) in [4.78, 5) is 30.8. The number of carbonyl (C=O) groups excluding carboxylic acids is 2. The number of benzene rings is 1. The van der Waals surface area contributed by atoms with Crippen molar-refractivity contribution in [3.8, 4) is 0 Å². The van der Waals surface area contributed by atoms with Crippen LogP contribution in [0.5, 0.6) is 0 Å². The van der Waals surface area contributed by atoms with Crippen molar-refractivity contribution in [1.82, 2.24) is 9.88 Å². The van der Waals surface area contributed by atoms with E-state index >= 15 is 0 Å². The summed E-state index contributed by atoms with van der Waals surface area (Å²) >= 11 is 1.30. The zero-order valence-corrected chi connectivity index (χ0v) is 15.8. The third kappa shape index (κ3) is 5.20. The van der Waals surface area contributed by atoms with Gasteiger partial charge in [-0.05, 0) is 24.5 Å². The van der Waals surface area contributed by atoms with E-state index in [2.05, 4.69) is 11.6 Å². The number of thioether (sulfide) groups is 1. The molecule has 1 fully saturated rings. The molecule has 0 bridgehead atoms. The highest BCUT2D eigenvalue weighted by molar-refractivity contribution is 8.14. The molecule has 2 heterocycles. The summed E-state index contributed by atoms with van der Waals surface area (Å²) in [6.07, 6.45) is 6.15. The monoisotopic (exact) mass is 382 g/mol. The SMILES string of the molecule is C=CCOC(=O)N1C[C@@H](SC(=O)c2ccccc2)C[C@H]1Cc1cccnc1. The number of rotatable bonds is 6. The van der Waals surface area contributed by atoms with Crippen LogP contribution in [0.4, 0.5) is 4.79 Å². The van der Waals surface area contributed by atoms with E-state index in [1.165, 1.54) is 11.8 Å². The highest BCUT2D eigenvalue weighted by atomic mass is 32.2. The molecule has 2 aromatic rings. The Morgan fingerprint density at radius 3 is 2.78 bits per heavy atom. The Morgan fingerprint density at radius 2 is 2.07 bits per heavy atom. The van der Waals surface area contributed by atoms with Crippen LogP contribution in [0.2, 0.25) is 0 Å². The summed E-state index contributed by atoms with van der Waals surface area (Å²) in [5, 5.41) is 0.0673. The Labute approximate surface area is 163 Å². The Bertz CT molecular complexity index is 783. The molecule has 0 saturated carbocycles. The molecule has 0 spiro atoms. The predicted octanol–water partition coefficient (Wildman–Crippen LogP) is 3.96. The lowest BCUT2D eigenvalue weighted by Gasteiger charge is -2.23. The summed E-state index contributed by atoms with van der Waals surface area (Å²) in [6, 6.07) is 13.1. The van der Waals surface area contributed by atoms with Gasteiger partial charge in [0.2, 0.25) is 5.12 Å². The molecule has 0 unspecified atom stereocenters. The van der Waals surface area contributed by atoms with Gasteiger partial charge < -0.3 is 9.64 Å². The Morgan fingerprint density at radius 1 is 1.26 bits per heavy atom. The summed E-state index contributed by atoms with van der Waals surface area (Å²) in [5.41, 5.74) is 1.74. The van der Waals surface area contributed by atoms with Crippen LogP contribution < -0.4 is 0 Å². The van der Waals surface area contributed by atoms with Gasteiger partial charge in [-0.2, -0.15) is 0 Å². The van der Waals surface area contributed by atoms with E-state index in [4.69, 9.17) is 4.74 Å². The number of nitrogens with zero attached hydrogens (tertiary/aromatic N) is 2. The minimum atomic E-state index is -0.362. The number of carbonyl (C=O) groups is 2. The highest BCUT2D eigenvalue weighted by Gasteiger charge is 2.37. The van der Waals surface area contributed by atoms with Crippen molar-refractivity contribution in [1.29, 1.82) is 0 Å². The molecule has 0 radical (unpaired) electrons. The molecule has 1 saturated heterocycles. The second-order valence-electron chi connectivity index (χ2n) is 6.37. The molecule has 5 nitrogen and oxygen atoms in total. The quantitative estimate of drug-likeness (QED) is 0.708. The van der Waals surface area contributed by atoms with Gasteiger partial charge >= 0.3 is 6.09 Å². The third-order valence-electron chi connectivity index (χ3n) is 4.41. The maximum atomic E-state index is 12.5. The van der Waals surface area contributed by atoms with E-state index in [0.717, 1.165) is 12.0 Å². The number of amides is 1. The van der Waals surface area contributed by atoms with Crippen molar-refractivity contribution in [2.45, 2.75) is 24.1 Å². The fourth-order valence-corrected chi connectivity index (χ4v) is 4.30. The van der Waals surface area contributed by atoms with E-state index in [-0.39, 0.29) is 29.1 Å². The van der Waals surface area contributed by atoms with Gasteiger partial charge in [-0.3, -0.25) is 9.78 Å². The lowest BCUT2D eigenvalue weighted by Crippen LogP contribution is -2.37. The van der Waals surface area contributed by atoms with Crippen LogP contribution in [0, 0.1) is 0 Å². The first kappa shape index (κ1) is 19.2. The molecular formula is C21H22N2O3S. The smallest absolute Gasteiger partial charge is 0.410 e. The first-order valence-electron chi connectivity index (χ1n) is 8.86. The molecule has 1 amide bonds. The van der Waals surface area contributed by atoms with Crippen LogP contribution in [0.15, 0.2) is 67.5 Å². The van der Waals surface area contributed by atoms with E-state index in [0.29, 0.717) is 18.5 Å². The van der Waals surface area contributed by atoms with E-state index < -0.39 is 0 Å². The Balaban J connectivity index is 1.69. The minimum Gasteiger partial charge on any atom is -0.445 e. The average molecular weight is 382 g/mol. The van der Waals surface area contributed by atoms with E-state index in [1.54, 1.807) is 17.2 Å². The van der Waals surface area contributed by atoms with Gasteiger partial charge in [-0.15, -0.1) is 0 Å². The standard InChI is InChI=1S/C21H22N2O3S/c1-2-11-26-21(25)23-15-19(27-20(24)17-8-4-3-5-9-17)13-18(23)12-16-7-6-10-22-14-16/h2-10,14,18-19H,1,11-13,15H2/t18-,19+/m1/s1. The molecule has 1 aliphatic heterocycles. The molecule has 6 heteroatoms. The number of ether oxygens (including phenoxy) is 1. The topological polar surface area (TPSA) is 59.5 Å². The second-order valence-corrected chi connectivity index (χ2v) is 7.64. The highest BCUT2D eigenvalue weighted by Crippen LogP contribution is 2.32. The molecule has 140 valence electrons. The first-order valence-corrected chi connectivity index (χ1v) is 9.74. The maximum absolute atomic E-state index is 12.5. The largest absolute Gasteiger partial charge is 0.445 e. The predicted molar refractivity (Wildman–Crippen MR) is 107 cm³/mol. The number of pyridine rings is 1. The zero-order valence-electron chi connectivity index (χ0n) is 15.0. The molecular weight excluding hydrogens is 360 g/mol. The van der Waals surface area contributed by atoms with Crippen LogP contribution in [-0.4, -0.2) is 45.5 Å². The Hall–Kier alpha value is -2.60. The van der Waals surface area contributed by atoms with Crippen LogP contribution in [0.1, 0.15) is 22.3 Å². The average Bonchev–Trinajstić information content (AvgIpc) is 3.09. The minimum absolute atomic E-state index is 0.0208. The van der Waals surface area contributed by atoms with Crippen LogP contribution in [0.25, 0.3) is 0 Å². The third-order valence-corrected chi connectivity index (χ3v) is 5.54. The van der Waals surface area contributed by atoms with Gasteiger partial charge in [-0.1, -0.05) is 60.8 Å². The van der Waals surface area contributed by atoms with Crippen molar-refractivity contribution >= 4 is 23.0 Å². The van der Waals surface area contributed by atoms with Gasteiger partial charge in [0.25, 0.3) is 0 Å². The van der Waals surface area contributed by atoms with Crippen molar-refractivity contribution < 1.29 is 14.3 Å². The first-order chi connectivity index (χ1) is 13.2. The maximum Gasteiger partial charge on any atom is 0.410 e. The number of hydrogen-bond acceptors (Lipinski definition) is 5. The van der Waals surface area contributed by atoms with E-state index in [9.17, 15) is 9.59 Å². The summed E-state index contributed by atoms with van der Waals surface area (Å²) in [6.45, 7) is 4.25. The molecule has 0 N–H and O–H groups in total. The molecule has 2 atom stereocenters. The molecule has 1 aromatic heterocycles. The number of aromatic nitrogens is 1. The van der Waals surface area contributed by atoms with Gasteiger partial charge in [0.1, 0.15) is 6.61 Å². The van der Waals surface area contributed by atoms with Gasteiger partial charge in [0, 0.05) is 35.8 Å². The lowest BCUT2D eigenvalue weighted by atomic mass is 10.1. The zero-order chi connectivity index (χ0) is 19.1. The summed E-state index contributed by atoms with van der Waals surface area (Å²) in [7, 11) is 0. The molecule has 1 aliphatic rings. The van der Waals surface area contributed by atoms with Crippen molar-refractivity contribution in [2.24, 2.45) is 0 Å². The van der Waals surface area contributed by atoms with Crippen LogP contribution >= 0.6 is 11.8 Å². The van der Waals surface area contributed by atoms with Crippen molar-refractivity contribution in [3.05, 3.63) is 78.6 Å². The molecule has 27 heavy (non-hydrogen) atoms. The normalized spacial score (nSPS) is 18.9. The van der Waals surface area contributed by atoms with Crippen molar-refractivity contribution in [3.63, 3.8) is 0 Å². The summed E-state index contributed by atoms with van der Waals surface area (Å²) < 4.78 is 5.24. The second kappa shape index (κ2) is 9.37. The molecule has 0 aliphatic carbocycles.